The Balaban J connectivity index is 0.835. The van der Waals surface area contributed by atoms with Crippen LogP contribution in [0.1, 0.15) is 27.8 Å². The molecule has 0 bridgehead atoms. The van der Waals surface area contributed by atoms with Gasteiger partial charge in [-0.2, -0.15) is 0 Å². The summed E-state index contributed by atoms with van der Waals surface area (Å²) in [5.74, 6) is 0. The Kier molecular flexibility index (Phi) is 10.5. The van der Waals surface area contributed by atoms with Crippen molar-refractivity contribution in [3.8, 4) is 33.6 Å². The van der Waals surface area contributed by atoms with Crippen molar-refractivity contribution >= 4 is 125 Å². The summed E-state index contributed by atoms with van der Waals surface area (Å²) in [5.41, 5.74) is 29.2. The molecule has 4 aliphatic rings. The second-order valence-electron chi connectivity index (χ2n) is 23.3. The van der Waals surface area contributed by atoms with E-state index in [-0.39, 0.29) is 13.7 Å². The van der Waals surface area contributed by atoms with E-state index in [0.29, 0.717) is 0 Å². The lowest BCUT2D eigenvalue weighted by atomic mass is 9.46. The summed E-state index contributed by atoms with van der Waals surface area (Å²) >= 11 is 3.86. The first kappa shape index (κ1) is 48.2. The number of aromatic nitrogens is 2. The van der Waals surface area contributed by atoms with Gasteiger partial charge in [-0.25, -0.2) is 0 Å². The number of para-hydroxylation sites is 7. The van der Waals surface area contributed by atoms with E-state index in [1.165, 1.54) is 169 Å². The van der Waals surface area contributed by atoms with Crippen LogP contribution in [0.3, 0.4) is 0 Å². The van der Waals surface area contributed by atoms with E-state index in [1.807, 2.05) is 23.5 Å². The van der Waals surface area contributed by atoms with Gasteiger partial charge in [0.15, 0.2) is 0 Å². The summed E-state index contributed by atoms with van der Waals surface area (Å²) in [5, 5.41) is 5.15. The van der Waals surface area contributed by atoms with Crippen LogP contribution in [0, 0.1) is 20.8 Å². The lowest BCUT2D eigenvalue weighted by molar-refractivity contribution is 1.10. The molecule has 84 heavy (non-hydrogen) atoms. The second kappa shape index (κ2) is 18.3. The molecule has 0 radical (unpaired) electrons. The predicted octanol–water partition coefficient (Wildman–Crippen LogP) is 17.2. The average molecular weight is 1110 g/mol. The van der Waals surface area contributed by atoms with E-state index >= 15 is 0 Å². The molecule has 0 aliphatic carbocycles. The van der Waals surface area contributed by atoms with Gasteiger partial charge in [0.25, 0.3) is 0 Å². The lowest BCUT2D eigenvalue weighted by Crippen LogP contribution is -2.59. The monoisotopic (exact) mass is 1110 g/mol. The van der Waals surface area contributed by atoms with Crippen LogP contribution in [0.25, 0.3) is 77.2 Å². The van der Waals surface area contributed by atoms with Gasteiger partial charge in [-0.15, -0.1) is 0 Å². The average Bonchev–Trinajstić information content (AvgIpc) is 1.64. The van der Waals surface area contributed by atoms with Crippen molar-refractivity contribution in [2.45, 2.75) is 46.8 Å². The van der Waals surface area contributed by atoms with Crippen molar-refractivity contribution in [2.24, 2.45) is 0 Å². The Labute approximate surface area is 497 Å². The third kappa shape index (κ3) is 6.90. The fraction of sp³-hybridized carbons (Fsp3) is 0.0526. The van der Waals surface area contributed by atoms with Crippen molar-refractivity contribution < 1.29 is 0 Å². The predicted molar refractivity (Wildman–Crippen MR) is 358 cm³/mol. The third-order valence-electron chi connectivity index (χ3n) is 18.4. The molecule has 0 N–H and O–H groups in total. The minimum absolute atomic E-state index is 0.0585. The molecule has 12 aromatic carbocycles. The maximum atomic E-state index is 2.75. The highest BCUT2D eigenvalue weighted by Gasteiger charge is 2.45. The second-order valence-corrected chi connectivity index (χ2v) is 25.5. The first-order valence-corrected chi connectivity index (χ1v) is 30.9. The van der Waals surface area contributed by atoms with Gasteiger partial charge < -0.3 is 18.8 Å². The Bertz CT molecular complexity index is 5140. The van der Waals surface area contributed by atoms with Gasteiger partial charge in [0, 0.05) is 75.0 Å². The summed E-state index contributed by atoms with van der Waals surface area (Å²) in [4.78, 5) is 10.6. The van der Waals surface area contributed by atoms with Gasteiger partial charge in [-0.1, -0.05) is 218 Å². The van der Waals surface area contributed by atoms with Crippen LogP contribution in [0.5, 0.6) is 0 Å². The fourth-order valence-electron chi connectivity index (χ4n) is 15.2. The van der Waals surface area contributed by atoms with Crippen LogP contribution in [0.4, 0.5) is 22.7 Å². The van der Waals surface area contributed by atoms with Gasteiger partial charge in [0.05, 0.1) is 33.4 Å². The van der Waals surface area contributed by atoms with E-state index in [0.717, 1.165) is 6.42 Å². The van der Waals surface area contributed by atoms with Gasteiger partial charge in [-0.3, -0.25) is 0 Å². The molecule has 18 rings (SSSR count). The van der Waals surface area contributed by atoms with Gasteiger partial charge in [0.1, 0.15) is 0 Å². The topological polar surface area (TPSA) is 16.3 Å². The normalized spacial score (nSPS) is 13.5. The van der Waals surface area contributed by atoms with Gasteiger partial charge in [-0.05, 0) is 143 Å². The molecule has 14 aromatic rings. The Morgan fingerprint density at radius 1 is 0.333 bits per heavy atom. The summed E-state index contributed by atoms with van der Waals surface area (Å²) in [7, 11) is 0. The molecule has 4 nitrogen and oxygen atoms in total. The van der Waals surface area contributed by atoms with Crippen LogP contribution in [-0.4, -0.2) is 22.8 Å². The summed E-state index contributed by atoms with van der Waals surface area (Å²) in [6, 6.07) is 94.2. The molecule has 0 amide bonds. The molecule has 394 valence electrons. The van der Waals surface area contributed by atoms with E-state index in [2.05, 4.69) is 288 Å². The maximum absolute atomic E-state index is 2.75. The minimum Gasteiger partial charge on any atom is -0.375 e. The number of aryl methyl sites for hydroxylation is 3. The molecule has 4 aliphatic heterocycles. The Hall–Kier alpha value is -9.33. The molecule has 8 heteroatoms. The first-order valence-electron chi connectivity index (χ1n) is 29.3. The van der Waals surface area contributed by atoms with Crippen molar-refractivity contribution in [1.29, 1.82) is 0 Å². The number of fused-ring (bicyclic) bond motifs is 14. The molecule has 6 heterocycles. The summed E-state index contributed by atoms with van der Waals surface area (Å²) in [6.07, 6.45) is 0.774. The van der Waals surface area contributed by atoms with Crippen LogP contribution >= 0.6 is 23.5 Å². The fourth-order valence-corrected chi connectivity index (χ4v) is 17.8. The molecular formula is C76H52B2N4S2. The highest BCUT2D eigenvalue weighted by Crippen LogP contribution is 2.57. The van der Waals surface area contributed by atoms with Gasteiger partial charge in [0.2, 0.25) is 0 Å². The maximum Gasteiger partial charge on any atom is 0.332 e. The van der Waals surface area contributed by atoms with E-state index in [1.54, 1.807) is 0 Å². The number of anilines is 4. The molecule has 0 unspecified atom stereocenters. The van der Waals surface area contributed by atoms with Crippen LogP contribution in [0.2, 0.25) is 0 Å². The number of hydrogen-bond donors (Lipinski definition) is 0. The number of rotatable bonds is 6. The smallest absolute Gasteiger partial charge is 0.332 e. The highest BCUT2D eigenvalue weighted by molar-refractivity contribution is 8.00. The zero-order valence-electron chi connectivity index (χ0n) is 46.6. The van der Waals surface area contributed by atoms with Crippen LogP contribution in [0.15, 0.2) is 268 Å². The molecule has 0 spiro atoms. The largest absolute Gasteiger partial charge is 0.375 e. The SMILES string of the molecule is Cc1cc(C)c2c(c1)Sc1cc(Cc3cc4c(c(-c5ccccc5)c3)N(B3c5ccccc5-n5c6ccccc6c6cccc3c65)c3c(cccc3-c3ccccc3)S4)cc(C)c1N2B1c2ccccc2-n2c3ccccc3c3cccc1c32. The molecule has 0 atom stereocenters. The minimum atomic E-state index is -0.150. The number of nitrogens with zero attached hydrogens (tertiary/aromatic N) is 4. The molecule has 0 fully saturated rings. The van der Waals surface area contributed by atoms with Crippen molar-refractivity contribution in [3.05, 3.63) is 277 Å². The van der Waals surface area contributed by atoms with E-state index in [4.69, 9.17) is 0 Å². The number of benzene rings is 12. The van der Waals surface area contributed by atoms with Gasteiger partial charge >= 0.3 is 13.7 Å². The van der Waals surface area contributed by atoms with E-state index in [9.17, 15) is 0 Å². The van der Waals surface area contributed by atoms with E-state index < -0.39 is 0 Å². The van der Waals surface area contributed by atoms with Crippen molar-refractivity contribution in [1.82, 2.24) is 9.13 Å². The zero-order valence-corrected chi connectivity index (χ0v) is 48.3. The Morgan fingerprint density at radius 2 is 0.774 bits per heavy atom. The summed E-state index contributed by atoms with van der Waals surface area (Å²) < 4.78 is 5.06. The highest BCUT2D eigenvalue weighted by atomic mass is 32.2. The summed E-state index contributed by atoms with van der Waals surface area (Å²) in [6.45, 7) is 6.71. The van der Waals surface area contributed by atoms with Crippen LogP contribution < -0.4 is 31.5 Å². The lowest BCUT2D eigenvalue weighted by Gasteiger charge is -2.43. The molecule has 2 aromatic heterocycles. The zero-order chi connectivity index (χ0) is 55.5. The molecule has 0 saturated carbocycles. The Morgan fingerprint density at radius 3 is 1.39 bits per heavy atom. The third-order valence-corrected chi connectivity index (χ3v) is 20.5. The standard InChI is InChI=1S/C76H52B2N4S2/c1-46-39-47(2)71-68(40-46)84-69-44-49(41-48(3)72(69)81(71)77-59-30-12-16-36-65(59)79-63-34-14-10-25-54(63)56-28-18-32-61(77)73(56)79)42-50-43-58(52-23-8-5-9-24-52)76-70(45-50)83-67-38-20-27-53(51-21-6-4-7-22-51)75(67)82(76)78-60-31-13-17-37-66(60)80-64-35-15-11-26-55(64)57-29-19-33-62(78)74(57)80/h4-41,43-45H,42H2,1-3H3. The quantitative estimate of drug-likeness (QED) is 0.154. The number of hydrogen-bond acceptors (Lipinski definition) is 4. The molecule has 0 saturated heterocycles. The van der Waals surface area contributed by atoms with Crippen LogP contribution in [-0.2, 0) is 6.42 Å². The first-order chi connectivity index (χ1) is 41.4. The van der Waals surface area contributed by atoms with Crippen molar-refractivity contribution in [2.75, 3.05) is 9.62 Å². The van der Waals surface area contributed by atoms with Crippen molar-refractivity contribution in [3.63, 3.8) is 0 Å². The molecular weight excluding hydrogens is 1050 g/mol.